The van der Waals surface area contributed by atoms with Crippen molar-refractivity contribution in [2.75, 3.05) is 6.26 Å². The number of thioether (sulfide) groups is 1. The van der Waals surface area contributed by atoms with Gasteiger partial charge in [0.2, 0.25) is 0 Å². The molecule has 0 atom stereocenters. The van der Waals surface area contributed by atoms with Crippen LogP contribution in [0.15, 0.2) is 11.1 Å². The lowest BCUT2D eigenvalue weighted by atomic mass is 10.3. The minimum absolute atomic E-state index is 0.164. The first-order valence-electron chi connectivity index (χ1n) is 4.39. The summed E-state index contributed by atoms with van der Waals surface area (Å²) in [4.78, 5) is 16.0. The second-order valence-electron chi connectivity index (χ2n) is 3.22. The Hall–Kier alpha value is -0.770. The van der Waals surface area contributed by atoms with Crippen molar-refractivity contribution < 1.29 is 0 Å². The second kappa shape index (κ2) is 3.54. The summed E-state index contributed by atoms with van der Waals surface area (Å²) in [7, 11) is 0. The van der Waals surface area contributed by atoms with E-state index in [1.807, 2.05) is 6.26 Å². The Labute approximate surface area is 81.2 Å². The fourth-order valence-electron chi connectivity index (χ4n) is 1.70. The molecule has 0 aliphatic heterocycles. The van der Waals surface area contributed by atoms with Crippen LogP contribution in [0.4, 0.5) is 0 Å². The van der Waals surface area contributed by atoms with Crippen LogP contribution in [0.5, 0.6) is 0 Å². The zero-order valence-electron chi connectivity index (χ0n) is 7.62. The van der Waals surface area contributed by atoms with Crippen molar-refractivity contribution in [2.45, 2.75) is 25.1 Å². The molecule has 1 aromatic rings. The lowest BCUT2D eigenvalue weighted by Gasteiger charge is -2.04. The van der Waals surface area contributed by atoms with E-state index in [1.54, 1.807) is 22.7 Å². The number of rotatable bonds is 2. The molecule has 4 heteroatoms. The molecule has 0 radical (unpaired) electrons. The van der Waals surface area contributed by atoms with Gasteiger partial charge in [0.05, 0.1) is 17.9 Å². The number of aryl methyl sites for hydroxylation is 1. The van der Waals surface area contributed by atoms with Gasteiger partial charge in [0.1, 0.15) is 0 Å². The Morgan fingerprint density at radius 1 is 1.62 bits per heavy atom. The molecule has 0 bridgehead atoms. The Kier molecular flexibility index (Phi) is 2.40. The molecule has 0 N–H and O–H groups in total. The zero-order valence-corrected chi connectivity index (χ0v) is 8.43. The maximum atomic E-state index is 11.8. The van der Waals surface area contributed by atoms with Crippen LogP contribution in [0.1, 0.15) is 17.7 Å². The summed E-state index contributed by atoms with van der Waals surface area (Å²) >= 11 is 1.64. The summed E-state index contributed by atoms with van der Waals surface area (Å²) in [6.45, 7) is 0. The smallest absolute Gasteiger partial charge is 0.257 e. The molecule has 1 aromatic heterocycles. The summed E-state index contributed by atoms with van der Waals surface area (Å²) < 4.78 is 1.69. The van der Waals surface area contributed by atoms with Gasteiger partial charge in [-0.15, -0.1) is 11.8 Å². The monoisotopic (exact) mass is 196 g/mol. The first-order chi connectivity index (χ1) is 6.33. The molecule has 0 unspecified atom stereocenters. The van der Waals surface area contributed by atoms with Gasteiger partial charge in [0, 0.05) is 5.56 Å². The highest BCUT2D eigenvalue weighted by Crippen LogP contribution is 2.15. The van der Waals surface area contributed by atoms with Crippen molar-refractivity contribution in [2.24, 2.45) is 0 Å². The third-order valence-electron chi connectivity index (χ3n) is 2.33. The predicted molar refractivity (Wildman–Crippen MR) is 54.0 cm³/mol. The van der Waals surface area contributed by atoms with E-state index in [9.17, 15) is 4.79 Å². The first-order valence-corrected chi connectivity index (χ1v) is 5.78. The highest BCUT2D eigenvalue weighted by molar-refractivity contribution is 7.97. The van der Waals surface area contributed by atoms with Crippen LogP contribution >= 0.6 is 11.8 Å². The number of nitrogens with zero attached hydrogens (tertiary/aromatic N) is 2. The van der Waals surface area contributed by atoms with E-state index in [0.29, 0.717) is 5.88 Å². The van der Waals surface area contributed by atoms with E-state index in [-0.39, 0.29) is 5.56 Å². The Balaban J connectivity index is 2.47. The van der Waals surface area contributed by atoms with Crippen LogP contribution in [0.3, 0.4) is 0 Å². The van der Waals surface area contributed by atoms with Crippen LogP contribution in [0.2, 0.25) is 0 Å². The molecule has 0 amide bonds. The Morgan fingerprint density at radius 2 is 2.46 bits per heavy atom. The molecule has 70 valence electrons. The van der Waals surface area contributed by atoms with Crippen LogP contribution < -0.4 is 5.56 Å². The third kappa shape index (κ3) is 1.50. The van der Waals surface area contributed by atoms with Gasteiger partial charge >= 0.3 is 0 Å². The Bertz CT molecular complexity index is 372. The second-order valence-corrected chi connectivity index (χ2v) is 4.05. The van der Waals surface area contributed by atoms with Crippen LogP contribution in [0.25, 0.3) is 0 Å². The lowest BCUT2D eigenvalue weighted by molar-refractivity contribution is 0.785. The van der Waals surface area contributed by atoms with Crippen molar-refractivity contribution in [1.82, 2.24) is 9.55 Å². The van der Waals surface area contributed by atoms with Crippen LogP contribution in [-0.2, 0) is 18.7 Å². The number of hydrogen-bond donors (Lipinski definition) is 0. The fourth-order valence-corrected chi connectivity index (χ4v) is 2.16. The van der Waals surface area contributed by atoms with Gasteiger partial charge in [0.15, 0.2) is 0 Å². The van der Waals surface area contributed by atoms with Gasteiger partial charge in [-0.2, -0.15) is 0 Å². The summed E-state index contributed by atoms with van der Waals surface area (Å²) in [6.07, 6.45) is 6.63. The van der Waals surface area contributed by atoms with Crippen molar-refractivity contribution >= 4 is 11.8 Å². The fraction of sp³-hybridized carbons (Fsp3) is 0.556. The summed E-state index contributed by atoms with van der Waals surface area (Å²) in [5.41, 5.74) is 2.12. The van der Waals surface area contributed by atoms with E-state index in [0.717, 1.165) is 30.5 Å². The van der Waals surface area contributed by atoms with Crippen molar-refractivity contribution in [3.05, 3.63) is 27.9 Å². The van der Waals surface area contributed by atoms with Gasteiger partial charge in [0.25, 0.3) is 5.56 Å². The molecular weight excluding hydrogens is 184 g/mol. The minimum Gasteiger partial charge on any atom is -0.289 e. The van der Waals surface area contributed by atoms with E-state index >= 15 is 0 Å². The maximum absolute atomic E-state index is 11.8. The first kappa shape index (κ1) is 8.81. The van der Waals surface area contributed by atoms with Crippen molar-refractivity contribution in [1.29, 1.82) is 0 Å². The topological polar surface area (TPSA) is 34.9 Å². The molecule has 1 aliphatic rings. The SMILES string of the molecule is CSCn1cnc2c(c1=O)CCC2. The molecular formula is C9H12N2OS. The highest BCUT2D eigenvalue weighted by atomic mass is 32.2. The number of aromatic nitrogens is 2. The lowest BCUT2D eigenvalue weighted by Crippen LogP contribution is -2.23. The van der Waals surface area contributed by atoms with Gasteiger partial charge < -0.3 is 0 Å². The molecule has 0 saturated carbocycles. The molecule has 0 saturated heterocycles. The average molecular weight is 196 g/mol. The molecule has 1 aliphatic carbocycles. The highest BCUT2D eigenvalue weighted by Gasteiger charge is 2.16. The molecule has 3 nitrogen and oxygen atoms in total. The van der Waals surface area contributed by atoms with Crippen LogP contribution in [0, 0.1) is 0 Å². The van der Waals surface area contributed by atoms with E-state index in [2.05, 4.69) is 4.98 Å². The predicted octanol–water partition coefficient (Wildman–Crippen LogP) is 1.05. The number of hydrogen-bond acceptors (Lipinski definition) is 3. The van der Waals surface area contributed by atoms with Gasteiger partial charge in [-0.25, -0.2) is 4.98 Å². The maximum Gasteiger partial charge on any atom is 0.257 e. The Morgan fingerprint density at radius 3 is 3.23 bits per heavy atom. The van der Waals surface area contributed by atoms with Gasteiger partial charge in [-0.05, 0) is 25.5 Å². The standard InChI is InChI=1S/C9H12N2OS/c1-13-6-11-5-10-8-4-2-3-7(8)9(11)12/h5H,2-4,6H2,1H3. The summed E-state index contributed by atoms with van der Waals surface area (Å²) in [5, 5.41) is 0. The minimum atomic E-state index is 0.164. The van der Waals surface area contributed by atoms with Crippen molar-refractivity contribution in [3.8, 4) is 0 Å². The average Bonchev–Trinajstić information content (AvgIpc) is 2.58. The molecule has 0 fully saturated rings. The molecule has 0 spiro atoms. The molecule has 2 rings (SSSR count). The van der Waals surface area contributed by atoms with Crippen LogP contribution in [-0.4, -0.2) is 15.8 Å². The van der Waals surface area contributed by atoms with Gasteiger partial charge in [-0.3, -0.25) is 9.36 Å². The normalized spacial score (nSPS) is 14.5. The summed E-state index contributed by atoms with van der Waals surface area (Å²) in [6, 6.07) is 0. The molecule has 13 heavy (non-hydrogen) atoms. The quantitative estimate of drug-likeness (QED) is 0.709. The van der Waals surface area contributed by atoms with E-state index in [1.165, 1.54) is 0 Å². The third-order valence-corrected chi connectivity index (χ3v) is 2.87. The molecule has 0 aromatic carbocycles. The van der Waals surface area contributed by atoms with E-state index < -0.39 is 0 Å². The van der Waals surface area contributed by atoms with E-state index in [4.69, 9.17) is 0 Å². The summed E-state index contributed by atoms with van der Waals surface area (Å²) in [5.74, 6) is 0.707. The van der Waals surface area contributed by atoms with Crippen molar-refractivity contribution in [3.63, 3.8) is 0 Å². The number of fused-ring (bicyclic) bond motifs is 1. The van der Waals surface area contributed by atoms with Gasteiger partial charge in [-0.1, -0.05) is 0 Å². The largest absolute Gasteiger partial charge is 0.289 e. The molecule has 1 heterocycles. The zero-order chi connectivity index (χ0) is 9.26.